The van der Waals surface area contributed by atoms with Gasteiger partial charge in [-0.3, -0.25) is 9.59 Å². The molecule has 4 fully saturated rings. The SMILES string of the molecule is C[C@]12C=CC(=O)C=C1[C@@H](F)C[C@H]1[C@@H]3C[C@H]4O[C@@H](c5ccc(Oc6ccc(N)cc6)cc5)O[C@@]4(C(=O)CO)[C@@]3(C)C[C@H](O)[C@@]12F. The van der Waals surface area contributed by atoms with Gasteiger partial charge in [0.25, 0.3) is 0 Å². The Labute approximate surface area is 253 Å². The zero-order valence-corrected chi connectivity index (χ0v) is 24.4. The van der Waals surface area contributed by atoms with Crippen molar-refractivity contribution in [3.8, 4) is 11.5 Å². The van der Waals surface area contributed by atoms with Crippen LogP contribution in [0, 0.1) is 22.7 Å². The van der Waals surface area contributed by atoms with E-state index in [-0.39, 0.29) is 24.8 Å². The van der Waals surface area contributed by atoms with Crippen molar-refractivity contribution in [3.63, 3.8) is 0 Å². The Balaban J connectivity index is 1.21. The summed E-state index contributed by atoms with van der Waals surface area (Å²) in [7, 11) is 0. The molecule has 10 atom stereocenters. The number of hydrogen-bond donors (Lipinski definition) is 3. The van der Waals surface area contributed by atoms with Crippen molar-refractivity contribution in [2.75, 3.05) is 12.3 Å². The van der Waals surface area contributed by atoms with Gasteiger partial charge in [-0.15, -0.1) is 0 Å². The molecule has 1 aliphatic heterocycles. The topological polar surface area (TPSA) is 128 Å². The molecule has 2 aromatic rings. The standard InChI is InChI=1S/C34H35F2NO7/c1-31-12-11-20(39)13-25(31)26(35)14-24-23-15-29-34(28(41)17-38,32(23,2)16-27(40)33(24,31)36)44-30(43-29)18-3-7-21(8-4-18)42-22-9-5-19(37)6-10-22/h3-13,23-24,26-27,29-30,38,40H,14-17,37H2,1-2H3/t23-,24-,26-,27-,29+,30+,31-,32-,33-,34+/m0/s1. The number of ketones is 2. The lowest BCUT2D eigenvalue weighted by atomic mass is 9.44. The molecule has 2 aromatic carbocycles. The highest BCUT2D eigenvalue weighted by Crippen LogP contribution is 2.72. The van der Waals surface area contributed by atoms with Crippen LogP contribution in [0.2, 0.25) is 0 Å². The smallest absolute Gasteiger partial charge is 0.193 e. The Bertz CT molecular complexity index is 1580. The van der Waals surface area contributed by atoms with Gasteiger partial charge >= 0.3 is 0 Å². The summed E-state index contributed by atoms with van der Waals surface area (Å²) in [5.41, 5.74) is 0.264. The third kappa shape index (κ3) is 3.74. The second-order valence-corrected chi connectivity index (χ2v) is 13.2. The minimum Gasteiger partial charge on any atom is -0.457 e. The zero-order chi connectivity index (χ0) is 31.2. The van der Waals surface area contributed by atoms with E-state index in [4.69, 9.17) is 19.9 Å². The summed E-state index contributed by atoms with van der Waals surface area (Å²) >= 11 is 0. The second-order valence-electron chi connectivity index (χ2n) is 13.2. The predicted octanol–water partition coefficient (Wildman–Crippen LogP) is 4.70. The maximum atomic E-state index is 17.5. The summed E-state index contributed by atoms with van der Waals surface area (Å²) < 4.78 is 52.1. The Morgan fingerprint density at radius 2 is 1.73 bits per heavy atom. The van der Waals surface area contributed by atoms with E-state index in [0.717, 1.165) is 6.08 Å². The molecule has 0 spiro atoms. The van der Waals surface area contributed by atoms with Crippen molar-refractivity contribution in [3.05, 3.63) is 77.9 Å². The summed E-state index contributed by atoms with van der Waals surface area (Å²) in [6.45, 7) is 2.44. The molecule has 7 rings (SSSR count). The average molecular weight is 608 g/mol. The number of halogens is 2. The van der Waals surface area contributed by atoms with Crippen LogP contribution in [0.1, 0.15) is 45.0 Å². The first-order chi connectivity index (χ1) is 20.9. The van der Waals surface area contributed by atoms with Gasteiger partial charge in [0.1, 0.15) is 24.3 Å². The summed E-state index contributed by atoms with van der Waals surface area (Å²) in [6.07, 6.45) is -1.58. The number of carbonyl (C=O) groups is 2. The fraction of sp³-hybridized carbons (Fsp3) is 0.471. The lowest BCUT2D eigenvalue weighted by Crippen LogP contribution is -2.70. The highest BCUT2D eigenvalue weighted by atomic mass is 19.1. The number of Topliss-reactive ketones (excluding diaryl/α,β-unsaturated/α-hetero) is 1. The van der Waals surface area contributed by atoms with Crippen molar-refractivity contribution >= 4 is 17.3 Å². The Morgan fingerprint density at radius 3 is 2.39 bits per heavy atom. The maximum absolute atomic E-state index is 17.5. The van der Waals surface area contributed by atoms with Gasteiger partial charge in [0, 0.05) is 28.0 Å². The van der Waals surface area contributed by atoms with E-state index < -0.39 is 76.8 Å². The largest absolute Gasteiger partial charge is 0.457 e. The number of alkyl halides is 2. The molecule has 0 amide bonds. The van der Waals surface area contributed by atoms with Gasteiger partial charge in [0.2, 0.25) is 0 Å². The average Bonchev–Trinajstić information content (AvgIpc) is 3.50. The number of aliphatic hydroxyl groups is 2. The highest BCUT2D eigenvalue weighted by Gasteiger charge is 2.80. The van der Waals surface area contributed by atoms with Crippen molar-refractivity contribution < 1.29 is 42.8 Å². The highest BCUT2D eigenvalue weighted by molar-refractivity contribution is 6.01. The van der Waals surface area contributed by atoms with Crippen LogP contribution in [0.15, 0.2) is 72.3 Å². The molecular formula is C34H35F2NO7. The molecule has 4 N–H and O–H groups in total. The Morgan fingerprint density at radius 1 is 1.07 bits per heavy atom. The quantitative estimate of drug-likeness (QED) is 0.418. The van der Waals surface area contributed by atoms with Crippen molar-refractivity contribution in [2.24, 2.45) is 22.7 Å². The number of benzene rings is 2. The number of nitrogen functional groups attached to an aromatic ring is 1. The Kier molecular flexibility index (Phi) is 6.51. The predicted molar refractivity (Wildman–Crippen MR) is 155 cm³/mol. The fourth-order valence-corrected chi connectivity index (χ4v) is 9.08. The summed E-state index contributed by atoms with van der Waals surface area (Å²) in [5.74, 6) is -1.51. The number of rotatable bonds is 5. The first kappa shape index (κ1) is 29.3. The molecule has 44 heavy (non-hydrogen) atoms. The summed E-state index contributed by atoms with van der Waals surface area (Å²) in [4.78, 5) is 25.8. The van der Waals surface area contributed by atoms with Gasteiger partial charge in [-0.1, -0.05) is 25.1 Å². The second kappa shape index (κ2) is 9.78. The molecule has 10 heteroatoms. The van der Waals surface area contributed by atoms with Gasteiger partial charge in [-0.2, -0.15) is 0 Å². The first-order valence-corrected chi connectivity index (χ1v) is 14.9. The van der Waals surface area contributed by atoms with Gasteiger partial charge < -0.3 is 30.2 Å². The lowest BCUT2D eigenvalue weighted by Gasteiger charge is -2.63. The van der Waals surface area contributed by atoms with Crippen molar-refractivity contribution in [2.45, 2.75) is 69.0 Å². The van der Waals surface area contributed by atoms with Crippen LogP contribution in [0.5, 0.6) is 11.5 Å². The third-order valence-electron chi connectivity index (χ3n) is 11.2. The molecule has 0 aromatic heterocycles. The van der Waals surface area contributed by atoms with E-state index in [9.17, 15) is 19.8 Å². The van der Waals surface area contributed by atoms with Crippen LogP contribution in [0.3, 0.4) is 0 Å². The Hall–Kier alpha value is -3.44. The number of anilines is 1. The van der Waals surface area contributed by atoms with E-state index >= 15 is 8.78 Å². The molecule has 1 heterocycles. The van der Waals surface area contributed by atoms with Gasteiger partial charge in [0.05, 0.1) is 12.2 Å². The molecule has 4 aliphatic carbocycles. The molecule has 1 saturated heterocycles. The summed E-state index contributed by atoms with van der Waals surface area (Å²) in [5, 5.41) is 21.8. The zero-order valence-electron chi connectivity index (χ0n) is 24.4. The van der Waals surface area contributed by atoms with Gasteiger partial charge in [-0.25, -0.2) is 8.78 Å². The molecule has 0 unspecified atom stereocenters. The van der Waals surface area contributed by atoms with E-state index in [0.29, 0.717) is 22.7 Å². The molecular weight excluding hydrogens is 572 g/mol. The van der Waals surface area contributed by atoms with E-state index in [1.165, 1.54) is 19.1 Å². The normalized spacial score (nSPS) is 42.1. The molecule has 8 nitrogen and oxygen atoms in total. The first-order valence-electron chi connectivity index (χ1n) is 14.9. The minimum atomic E-state index is -2.30. The van der Waals surface area contributed by atoms with E-state index in [1.807, 2.05) is 0 Å². The number of nitrogens with two attached hydrogens (primary N) is 1. The number of hydrogen-bond acceptors (Lipinski definition) is 8. The van der Waals surface area contributed by atoms with Crippen LogP contribution < -0.4 is 10.5 Å². The molecule has 0 bridgehead atoms. The number of ether oxygens (including phenoxy) is 3. The number of allylic oxidation sites excluding steroid dienone is 4. The van der Waals surface area contributed by atoms with E-state index in [1.54, 1.807) is 55.5 Å². The maximum Gasteiger partial charge on any atom is 0.193 e. The number of aliphatic hydroxyl groups excluding tert-OH is 2. The monoisotopic (exact) mass is 607 g/mol. The van der Waals surface area contributed by atoms with Crippen LogP contribution in [0.25, 0.3) is 0 Å². The third-order valence-corrected chi connectivity index (χ3v) is 11.2. The number of carbonyl (C=O) groups excluding carboxylic acids is 2. The van der Waals surface area contributed by atoms with Gasteiger partial charge in [-0.05, 0) is 86.2 Å². The number of fused-ring (bicyclic) bond motifs is 7. The summed E-state index contributed by atoms with van der Waals surface area (Å²) in [6, 6.07) is 13.9. The fourth-order valence-electron chi connectivity index (χ4n) is 9.08. The van der Waals surface area contributed by atoms with Crippen LogP contribution >= 0.6 is 0 Å². The molecule has 3 saturated carbocycles. The van der Waals surface area contributed by atoms with Crippen LogP contribution in [-0.4, -0.2) is 58.0 Å². The van der Waals surface area contributed by atoms with Crippen LogP contribution in [-0.2, 0) is 19.1 Å². The minimum absolute atomic E-state index is 0.0297. The van der Waals surface area contributed by atoms with Gasteiger partial charge in [0.15, 0.2) is 29.1 Å². The molecule has 232 valence electrons. The lowest BCUT2D eigenvalue weighted by molar-refractivity contribution is -0.235. The van der Waals surface area contributed by atoms with Crippen molar-refractivity contribution in [1.82, 2.24) is 0 Å². The molecule has 5 aliphatic rings. The van der Waals surface area contributed by atoms with Crippen molar-refractivity contribution in [1.29, 1.82) is 0 Å². The van der Waals surface area contributed by atoms with E-state index in [2.05, 4.69) is 0 Å². The van der Waals surface area contributed by atoms with Crippen LogP contribution in [0.4, 0.5) is 14.5 Å². The molecule has 0 radical (unpaired) electrons.